The van der Waals surface area contributed by atoms with E-state index in [0.717, 1.165) is 22.5 Å². The molecule has 0 amide bonds. The van der Waals surface area contributed by atoms with Gasteiger partial charge in [0.05, 0.1) is 12.8 Å². The van der Waals surface area contributed by atoms with Crippen molar-refractivity contribution in [2.45, 2.75) is 0 Å². The summed E-state index contributed by atoms with van der Waals surface area (Å²) in [7, 11) is 1.58. The lowest BCUT2D eigenvalue weighted by molar-refractivity contribution is 0.398. The Morgan fingerprint density at radius 3 is 2.67 bits per heavy atom. The number of rotatable bonds is 3. The second-order valence-electron chi connectivity index (χ2n) is 5.31. The molecule has 0 unspecified atom stereocenters. The van der Waals surface area contributed by atoms with Gasteiger partial charge in [-0.15, -0.1) is 0 Å². The first-order chi connectivity index (χ1) is 11.7. The number of ether oxygens (including phenoxy) is 1. The highest BCUT2D eigenvalue weighted by atomic mass is 19.1. The van der Waals surface area contributed by atoms with Crippen molar-refractivity contribution in [3.63, 3.8) is 0 Å². The standard InChI is InChI=1S/C19H13FN3O/c1-24-19-8-6-14(10-21-19)17-12-23-11-15(5-7-18(23)22-17)13-3-2-4-16(20)9-13/h2-8,10-12H,1H3. The van der Waals surface area contributed by atoms with E-state index in [1.165, 1.54) is 6.07 Å². The summed E-state index contributed by atoms with van der Waals surface area (Å²) < 4.78 is 20.3. The molecule has 0 saturated carbocycles. The second kappa shape index (κ2) is 5.77. The maximum absolute atomic E-state index is 13.4. The molecular weight excluding hydrogens is 305 g/mol. The third-order valence-electron chi connectivity index (χ3n) is 3.76. The third-order valence-corrected chi connectivity index (χ3v) is 3.76. The number of pyridine rings is 2. The van der Waals surface area contributed by atoms with Gasteiger partial charge in [-0.3, -0.25) is 0 Å². The Balaban J connectivity index is 1.75. The van der Waals surface area contributed by atoms with Gasteiger partial charge in [-0.2, -0.15) is 0 Å². The van der Waals surface area contributed by atoms with Crippen molar-refractivity contribution in [3.8, 4) is 28.3 Å². The third kappa shape index (κ3) is 2.60. The van der Waals surface area contributed by atoms with E-state index >= 15 is 0 Å². The van der Waals surface area contributed by atoms with Crippen LogP contribution in [0.1, 0.15) is 0 Å². The van der Waals surface area contributed by atoms with Gasteiger partial charge in [0.2, 0.25) is 5.88 Å². The molecule has 0 saturated heterocycles. The molecule has 0 spiro atoms. The molecule has 0 aliphatic rings. The molecule has 4 rings (SSSR count). The van der Waals surface area contributed by atoms with Crippen LogP contribution in [0.5, 0.6) is 5.88 Å². The molecule has 0 atom stereocenters. The Hall–Kier alpha value is -3.21. The van der Waals surface area contributed by atoms with E-state index in [0.29, 0.717) is 11.4 Å². The maximum atomic E-state index is 13.4. The van der Waals surface area contributed by atoms with Crippen molar-refractivity contribution >= 4 is 5.65 Å². The van der Waals surface area contributed by atoms with E-state index in [1.54, 1.807) is 25.4 Å². The highest BCUT2D eigenvalue weighted by Gasteiger charge is 2.07. The first kappa shape index (κ1) is 14.4. The van der Waals surface area contributed by atoms with Crippen molar-refractivity contribution in [1.29, 1.82) is 0 Å². The number of halogens is 1. The fourth-order valence-electron chi connectivity index (χ4n) is 2.55. The fraction of sp³-hybridized carbons (Fsp3) is 0.0526. The Labute approximate surface area is 138 Å². The number of fused-ring (bicyclic) bond motifs is 1. The quantitative estimate of drug-likeness (QED) is 0.573. The van der Waals surface area contributed by atoms with Crippen molar-refractivity contribution in [2.24, 2.45) is 0 Å². The number of methoxy groups -OCH3 is 1. The van der Waals surface area contributed by atoms with E-state index in [1.807, 2.05) is 41.1 Å². The van der Waals surface area contributed by atoms with Gasteiger partial charge >= 0.3 is 0 Å². The van der Waals surface area contributed by atoms with E-state index < -0.39 is 0 Å². The lowest BCUT2D eigenvalue weighted by atomic mass is 10.1. The highest BCUT2D eigenvalue weighted by Crippen LogP contribution is 2.24. The number of benzene rings is 1. The molecule has 1 aromatic carbocycles. The van der Waals surface area contributed by atoms with Gasteiger partial charge in [0, 0.05) is 36.3 Å². The van der Waals surface area contributed by atoms with E-state index in [9.17, 15) is 4.39 Å². The largest absolute Gasteiger partial charge is 0.481 e. The van der Waals surface area contributed by atoms with Crippen LogP contribution in [0.2, 0.25) is 0 Å². The Kier molecular flexibility index (Phi) is 3.46. The fourth-order valence-corrected chi connectivity index (χ4v) is 2.55. The van der Waals surface area contributed by atoms with Gasteiger partial charge in [0.1, 0.15) is 11.5 Å². The Bertz CT molecular complexity index is 1010. The summed E-state index contributed by atoms with van der Waals surface area (Å²) in [5.74, 6) is 0.190. The average Bonchev–Trinajstić information content (AvgIpc) is 3.05. The van der Waals surface area contributed by atoms with Crippen LogP contribution < -0.4 is 4.74 Å². The van der Waals surface area contributed by atoms with Crippen LogP contribution in [0.15, 0.2) is 61.1 Å². The number of aromatic nitrogens is 3. The van der Waals surface area contributed by atoms with Crippen LogP contribution in [0, 0.1) is 11.9 Å². The normalized spacial score (nSPS) is 10.9. The van der Waals surface area contributed by atoms with Gasteiger partial charge < -0.3 is 9.14 Å². The van der Waals surface area contributed by atoms with Crippen LogP contribution in [-0.2, 0) is 0 Å². The van der Waals surface area contributed by atoms with Gasteiger partial charge in [-0.25, -0.2) is 14.4 Å². The molecule has 117 valence electrons. The zero-order chi connectivity index (χ0) is 16.5. The average molecular weight is 318 g/mol. The SMILES string of the molecule is COc1ccc(-c2cn3cc(-c4[c]c(F)ccc4)ccc3n2)cn1. The van der Waals surface area contributed by atoms with Crippen molar-refractivity contribution in [3.05, 3.63) is 72.9 Å². The predicted molar refractivity (Wildman–Crippen MR) is 89.2 cm³/mol. The first-order valence-corrected chi connectivity index (χ1v) is 7.40. The number of nitrogens with zero attached hydrogens (tertiary/aromatic N) is 3. The molecule has 0 aliphatic heterocycles. The van der Waals surface area contributed by atoms with Crippen molar-refractivity contribution < 1.29 is 9.13 Å². The predicted octanol–water partition coefficient (Wildman–Crippen LogP) is 4.01. The molecule has 0 aliphatic carbocycles. The number of hydrogen-bond acceptors (Lipinski definition) is 3. The highest BCUT2D eigenvalue weighted by molar-refractivity contribution is 5.67. The maximum Gasteiger partial charge on any atom is 0.212 e. The molecule has 0 bridgehead atoms. The summed E-state index contributed by atoms with van der Waals surface area (Å²) in [5.41, 5.74) is 4.10. The smallest absolute Gasteiger partial charge is 0.212 e. The number of hydrogen-bond donors (Lipinski definition) is 0. The molecule has 3 aromatic heterocycles. The minimum absolute atomic E-state index is 0.372. The summed E-state index contributed by atoms with van der Waals surface area (Å²) >= 11 is 0. The van der Waals surface area contributed by atoms with Crippen LogP contribution in [0.3, 0.4) is 0 Å². The monoisotopic (exact) mass is 318 g/mol. The van der Waals surface area contributed by atoms with Gasteiger partial charge in [-0.05, 0) is 35.4 Å². The van der Waals surface area contributed by atoms with Crippen LogP contribution in [0.25, 0.3) is 28.0 Å². The second-order valence-corrected chi connectivity index (χ2v) is 5.31. The molecule has 0 N–H and O–H groups in total. The first-order valence-electron chi connectivity index (χ1n) is 7.40. The summed E-state index contributed by atoms with van der Waals surface area (Å²) in [6.07, 6.45) is 5.55. The summed E-state index contributed by atoms with van der Waals surface area (Å²) in [4.78, 5) is 8.79. The molecule has 3 heterocycles. The van der Waals surface area contributed by atoms with Crippen molar-refractivity contribution in [2.75, 3.05) is 7.11 Å². The minimum Gasteiger partial charge on any atom is -0.481 e. The molecule has 0 fully saturated rings. The topological polar surface area (TPSA) is 39.4 Å². The lowest BCUT2D eigenvalue weighted by Gasteiger charge is -2.02. The van der Waals surface area contributed by atoms with E-state index in [-0.39, 0.29) is 5.82 Å². The number of imidazole rings is 1. The van der Waals surface area contributed by atoms with Gasteiger partial charge in [-0.1, -0.05) is 12.1 Å². The zero-order valence-electron chi connectivity index (χ0n) is 12.9. The van der Waals surface area contributed by atoms with Crippen LogP contribution >= 0.6 is 0 Å². The minimum atomic E-state index is -0.372. The summed E-state index contributed by atoms with van der Waals surface area (Å²) in [6.45, 7) is 0. The molecule has 24 heavy (non-hydrogen) atoms. The molecule has 1 radical (unpaired) electrons. The van der Waals surface area contributed by atoms with Crippen LogP contribution in [0.4, 0.5) is 4.39 Å². The van der Waals surface area contributed by atoms with Gasteiger partial charge in [0.15, 0.2) is 0 Å². The molecule has 5 heteroatoms. The Morgan fingerprint density at radius 2 is 1.92 bits per heavy atom. The van der Waals surface area contributed by atoms with Crippen LogP contribution in [-0.4, -0.2) is 21.5 Å². The molecule has 4 aromatic rings. The van der Waals surface area contributed by atoms with Crippen molar-refractivity contribution in [1.82, 2.24) is 14.4 Å². The van der Waals surface area contributed by atoms with E-state index in [4.69, 9.17) is 4.74 Å². The summed E-state index contributed by atoms with van der Waals surface area (Å²) in [5, 5.41) is 0. The summed E-state index contributed by atoms with van der Waals surface area (Å²) in [6, 6.07) is 15.1. The van der Waals surface area contributed by atoms with Gasteiger partial charge in [0.25, 0.3) is 0 Å². The zero-order valence-corrected chi connectivity index (χ0v) is 12.9. The molecule has 4 nitrogen and oxygen atoms in total. The Morgan fingerprint density at radius 1 is 1.04 bits per heavy atom. The lowest BCUT2D eigenvalue weighted by Crippen LogP contribution is -1.87. The molecular formula is C19H13FN3O. The van der Waals surface area contributed by atoms with E-state index in [2.05, 4.69) is 16.0 Å².